The zero-order valence-corrected chi connectivity index (χ0v) is 12.7. The van der Waals surface area contributed by atoms with Crippen LogP contribution in [0.5, 0.6) is 0 Å². The molecule has 1 aromatic heterocycles. The average Bonchev–Trinajstić information content (AvgIpc) is 2.44. The second-order valence-electron chi connectivity index (χ2n) is 4.82. The summed E-state index contributed by atoms with van der Waals surface area (Å²) < 4.78 is 0.844. The summed E-state index contributed by atoms with van der Waals surface area (Å²) in [5, 5.41) is 3.27. The van der Waals surface area contributed by atoms with Gasteiger partial charge in [-0.1, -0.05) is 6.07 Å². The molecule has 0 aromatic carbocycles. The lowest BCUT2D eigenvalue weighted by Gasteiger charge is -2.26. The topological polar surface area (TPSA) is 45.2 Å². The van der Waals surface area contributed by atoms with E-state index in [4.69, 9.17) is 0 Å². The average molecular weight is 326 g/mol. The summed E-state index contributed by atoms with van der Waals surface area (Å²) in [6.07, 6.45) is 4.15. The SMILES string of the molecule is O=C(CCNCc1cccc(Br)n1)N1CCCCC1. The minimum absolute atomic E-state index is 0.273. The van der Waals surface area contributed by atoms with Gasteiger partial charge in [0.2, 0.25) is 5.91 Å². The molecule has 104 valence electrons. The summed E-state index contributed by atoms with van der Waals surface area (Å²) in [7, 11) is 0. The van der Waals surface area contributed by atoms with Crippen molar-refractivity contribution in [3.05, 3.63) is 28.5 Å². The minimum atomic E-state index is 0.273. The van der Waals surface area contributed by atoms with Gasteiger partial charge in [-0.2, -0.15) is 0 Å². The van der Waals surface area contributed by atoms with Crippen LogP contribution in [0.4, 0.5) is 0 Å². The Morgan fingerprint density at radius 3 is 2.84 bits per heavy atom. The first-order valence-corrected chi connectivity index (χ1v) is 7.65. The molecule has 1 aromatic rings. The fraction of sp³-hybridized carbons (Fsp3) is 0.571. The number of likely N-dealkylation sites (tertiary alicyclic amines) is 1. The molecule has 1 saturated heterocycles. The van der Waals surface area contributed by atoms with Crippen molar-refractivity contribution in [1.82, 2.24) is 15.2 Å². The smallest absolute Gasteiger partial charge is 0.223 e. The highest BCUT2D eigenvalue weighted by Gasteiger charge is 2.15. The number of halogens is 1. The molecule has 0 bridgehead atoms. The third-order valence-electron chi connectivity index (χ3n) is 3.30. The molecule has 0 atom stereocenters. The van der Waals surface area contributed by atoms with E-state index in [1.165, 1.54) is 6.42 Å². The van der Waals surface area contributed by atoms with Crippen LogP contribution in [0.25, 0.3) is 0 Å². The summed E-state index contributed by atoms with van der Waals surface area (Å²) in [4.78, 5) is 18.3. The van der Waals surface area contributed by atoms with E-state index in [0.717, 1.165) is 36.2 Å². The lowest BCUT2D eigenvalue weighted by atomic mass is 10.1. The van der Waals surface area contributed by atoms with Crippen LogP contribution in [0.2, 0.25) is 0 Å². The number of carbonyl (C=O) groups is 1. The molecule has 4 nitrogen and oxygen atoms in total. The molecule has 1 aliphatic heterocycles. The molecule has 2 rings (SSSR count). The van der Waals surface area contributed by atoms with Crippen molar-refractivity contribution in [2.24, 2.45) is 0 Å². The van der Waals surface area contributed by atoms with E-state index >= 15 is 0 Å². The Labute approximate surface area is 122 Å². The Morgan fingerprint density at radius 2 is 2.11 bits per heavy atom. The van der Waals surface area contributed by atoms with E-state index in [1.54, 1.807) is 0 Å². The molecular weight excluding hydrogens is 306 g/mol. The molecule has 1 fully saturated rings. The molecule has 0 aliphatic carbocycles. The van der Waals surface area contributed by atoms with Gasteiger partial charge in [-0.05, 0) is 47.3 Å². The second kappa shape index (κ2) is 7.60. The van der Waals surface area contributed by atoms with Crippen molar-refractivity contribution < 1.29 is 4.79 Å². The third-order valence-corrected chi connectivity index (χ3v) is 3.74. The summed E-state index contributed by atoms with van der Waals surface area (Å²) in [6, 6.07) is 5.85. The van der Waals surface area contributed by atoms with Gasteiger partial charge in [0.05, 0.1) is 5.69 Å². The molecule has 1 amide bonds. The van der Waals surface area contributed by atoms with Gasteiger partial charge in [0.25, 0.3) is 0 Å². The molecule has 0 saturated carbocycles. The standard InChI is InChI=1S/C14H20BrN3O/c15-13-6-4-5-12(17-13)11-16-8-7-14(19)18-9-2-1-3-10-18/h4-6,16H,1-3,7-11H2. The van der Waals surface area contributed by atoms with Crippen LogP contribution in [-0.2, 0) is 11.3 Å². The monoisotopic (exact) mass is 325 g/mol. The van der Waals surface area contributed by atoms with Gasteiger partial charge < -0.3 is 10.2 Å². The predicted molar refractivity (Wildman–Crippen MR) is 78.7 cm³/mol. The lowest BCUT2D eigenvalue weighted by Crippen LogP contribution is -2.37. The first-order valence-electron chi connectivity index (χ1n) is 6.85. The van der Waals surface area contributed by atoms with Crippen molar-refractivity contribution in [3.8, 4) is 0 Å². The van der Waals surface area contributed by atoms with Crippen LogP contribution in [0.1, 0.15) is 31.4 Å². The molecule has 1 aliphatic rings. The van der Waals surface area contributed by atoms with Gasteiger partial charge in [0.1, 0.15) is 4.60 Å². The Hall–Kier alpha value is -0.940. The molecule has 19 heavy (non-hydrogen) atoms. The fourth-order valence-corrected chi connectivity index (χ4v) is 2.64. The molecular formula is C14H20BrN3O. The number of nitrogens with zero attached hydrogens (tertiary/aromatic N) is 2. The normalized spacial score (nSPS) is 15.5. The van der Waals surface area contributed by atoms with E-state index in [1.807, 2.05) is 23.1 Å². The minimum Gasteiger partial charge on any atom is -0.343 e. The van der Waals surface area contributed by atoms with Gasteiger partial charge in [-0.3, -0.25) is 4.79 Å². The number of carbonyl (C=O) groups excluding carboxylic acids is 1. The first kappa shape index (κ1) is 14.5. The molecule has 2 heterocycles. The van der Waals surface area contributed by atoms with Crippen molar-refractivity contribution in [2.45, 2.75) is 32.2 Å². The predicted octanol–water partition coefficient (Wildman–Crippen LogP) is 2.34. The molecule has 0 radical (unpaired) electrons. The summed E-state index contributed by atoms with van der Waals surface area (Å²) >= 11 is 3.35. The lowest BCUT2D eigenvalue weighted by molar-refractivity contribution is -0.131. The fourth-order valence-electron chi connectivity index (χ4n) is 2.26. The van der Waals surface area contributed by atoms with Gasteiger partial charge in [-0.25, -0.2) is 4.98 Å². The zero-order valence-electron chi connectivity index (χ0n) is 11.1. The van der Waals surface area contributed by atoms with Crippen molar-refractivity contribution in [2.75, 3.05) is 19.6 Å². The first-order chi connectivity index (χ1) is 9.25. The molecule has 5 heteroatoms. The van der Waals surface area contributed by atoms with Crippen LogP contribution >= 0.6 is 15.9 Å². The quantitative estimate of drug-likeness (QED) is 0.667. The molecule has 1 N–H and O–H groups in total. The highest BCUT2D eigenvalue weighted by molar-refractivity contribution is 9.10. The Bertz CT molecular complexity index is 419. The van der Waals surface area contributed by atoms with Crippen LogP contribution in [0.3, 0.4) is 0 Å². The maximum atomic E-state index is 11.9. The highest BCUT2D eigenvalue weighted by atomic mass is 79.9. The number of pyridine rings is 1. The number of rotatable bonds is 5. The Balaban J connectivity index is 1.65. The van der Waals surface area contributed by atoms with Gasteiger partial charge in [0, 0.05) is 32.6 Å². The molecule has 0 unspecified atom stereocenters. The van der Waals surface area contributed by atoms with Crippen LogP contribution in [0, 0.1) is 0 Å². The zero-order chi connectivity index (χ0) is 13.5. The van der Waals surface area contributed by atoms with E-state index < -0.39 is 0 Å². The third kappa shape index (κ3) is 4.91. The van der Waals surface area contributed by atoms with Gasteiger partial charge in [0.15, 0.2) is 0 Å². The van der Waals surface area contributed by atoms with Crippen LogP contribution in [0.15, 0.2) is 22.8 Å². The number of aromatic nitrogens is 1. The van der Waals surface area contributed by atoms with E-state index in [0.29, 0.717) is 19.5 Å². The van der Waals surface area contributed by atoms with Crippen molar-refractivity contribution >= 4 is 21.8 Å². The van der Waals surface area contributed by atoms with Crippen LogP contribution < -0.4 is 5.32 Å². The maximum absolute atomic E-state index is 11.9. The number of hydrogen-bond acceptors (Lipinski definition) is 3. The van der Waals surface area contributed by atoms with Crippen molar-refractivity contribution in [1.29, 1.82) is 0 Å². The molecule has 0 spiro atoms. The Kier molecular flexibility index (Phi) is 5.79. The maximum Gasteiger partial charge on any atom is 0.223 e. The largest absolute Gasteiger partial charge is 0.343 e. The highest BCUT2D eigenvalue weighted by Crippen LogP contribution is 2.09. The summed E-state index contributed by atoms with van der Waals surface area (Å²) in [5.74, 6) is 0.273. The van der Waals surface area contributed by atoms with E-state index in [9.17, 15) is 4.79 Å². The van der Waals surface area contributed by atoms with Gasteiger partial charge >= 0.3 is 0 Å². The number of hydrogen-bond donors (Lipinski definition) is 1. The Morgan fingerprint density at radius 1 is 1.32 bits per heavy atom. The van der Waals surface area contributed by atoms with E-state index in [2.05, 4.69) is 26.2 Å². The van der Waals surface area contributed by atoms with E-state index in [-0.39, 0.29) is 5.91 Å². The van der Waals surface area contributed by atoms with Gasteiger partial charge in [-0.15, -0.1) is 0 Å². The number of amides is 1. The van der Waals surface area contributed by atoms with Crippen LogP contribution in [-0.4, -0.2) is 35.4 Å². The van der Waals surface area contributed by atoms with Crippen molar-refractivity contribution in [3.63, 3.8) is 0 Å². The second-order valence-corrected chi connectivity index (χ2v) is 5.63. The number of nitrogens with one attached hydrogen (secondary N) is 1. The summed E-state index contributed by atoms with van der Waals surface area (Å²) in [5.41, 5.74) is 0.986. The summed E-state index contributed by atoms with van der Waals surface area (Å²) in [6.45, 7) is 3.29. The number of piperidine rings is 1.